The molecular weight excluding hydrogens is 293 g/mol. The highest BCUT2D eigenvalue weighted by molar-refractivity contribution is 7.17. The number of aryl methyl sites for hydroxylation is 1. The van der Waals surface area contributed by atoms with E-state index in [4.69, 9.17) is 0 Å². The number of thiophene rings is 1. The number of fused-ring (bicyclic) bond motifs is 1. The summed E-state index contributed by atoms with van der Waals surface area (Å²) in [6.45, 7) is 3.18. The third kappa shape index (κ3) is 3.54. The third-order valence-electron chi connectivity index (χ3n) is 3.98. The molecule has 1 atom stereocenters. The van der Waals surface area contributed by atoms with Crippen molar-refractivity contribution in [1.82, 2.24) is 5.32 Å². The van der Waals surface area contributed by atoms with Crippen LogP contribution in [-0.4, -0.2) is 6.54 Å². The second-order valence-electron chi connectivity index (χ2n) is 5.59. The van der Waals surface area contributed by atoms with E-state index in [1.165, 1.54) is 33.3 Å². The summed E-state index contributed by atoms with van der Waals surface area (Å²) in [6.07, 6.45) is 2.03. The molecule has 1 aromatic heterocycles. The van der Waals surface area contributed by atoms with Gasteiger partial charge in [0.2, 0.25) is 0 Å². The molecular formula is C19H20FNS. The molecule has 1 nitrogen and oxygen atoms in total. The quantitative estimate of drug-likeness (QED) is 0.607. The lowest BCUT2D eigenvalue weighted by Gasteiger charge is -2.13. The van der Waals surface area contributed by atoms with Crippen LogP contribution < -0.4 is 5.32 Å². The van der Waals surface area contributed by atoms with E-state index in [0.29, 0.717) is 6.04 Å². The molecule has 1 unspecified atom stereocenters. The summed E-state index contributed by atoms with van der Waals surface area (Å²) in [4.78, 5) is 0. The Morgan fingerprint density at radius 2 is 1.86 bits per heavy atom. The lowest BCUT2D eigenvalue weighted by atomic mass is 10.1. The number of benzene rings is 2. The number of halogens is 1. The first-order chi connectivity index (χ1) is 10.7. The number of nitrogens with one attached hydrogen (secondary N) is 1. The zero-order valence-corrected chi connectivity index (χ0v) is 13.5. The largest absolute Gasteiger partial charge is 0.310 e. The molecule has 2 aromatic carbocycles. The van der Waals surface area contributed by atoms with Crippen molar-refractivity contribution in [2.45, 2.75) is 25.8 Å². The van der Waals surface area contributed by atoms with Crippen LogP contribution in [0.15, 0.2) is 53.9 Å². The highest BCUT2D eigenvalue weighted by Gasteiger charge is 2.10. The van der Waals surface area contributed by atoms with Crippen LogP contribution in [0.3, 0.4) is 0 Å². The molecule has 3 rings (SSSR count). The molecule has 0 amide bonds. The Kier molecular flexibility index (Phi) is 4.86. The van der Waals surface area contributed by atoms with E-state index in [1.807, 2.05) is 12.1 Å². The van der Waals surface area contributed by atoms with Gasteiger partial charge >= 0.3 is 0 Å². The Labute approximate surface area is 134 Å². The van der Waals surface area contributed by atoms with Gasteiger partial charge in [0, 0.05) is 10.7 Å². The van der Waals surface area contributed by atoms with Gasteiger partial charge in [-0.25, -0.2) is 4.39 Å². The first kappa shape index (κ1) is 15.2. The monoisotopic (exact) mass is 313 g/mol. The zero-order valence-electron chi connectivity index (χ0n) is 12.7. The minimum Gasteiger partial charge on any atom is -0.310 e. The maximum Gasteiger partial charge on any atom is 0.123 e. The number of hydrogen-bond donors (Lipinski definition) is 1. The molecule has 1 N–H and O–H groups in total. The van der Waals surface area contributed by atoms with Crippen molar-refractivity contribution in [3.63, 3.8) is 0 Å². The molecule has 3 aromatic rings. The van der Waals surface area contributed by atoms with E-state index in [2.05, 4.69) is 41.9 Å². The predicted octanol–water partition coefficient (Wildman–Crippen LogP) is 5.32. The molecule has 3 heteroatoms. The van der Waals surface area contributed by atoms with Crippen LogP contribution in [0.2, 0.25) is 0 Å². The fourth-order valence-electron chi connectivity index (χ4n) is 2.71. The molecule has 0 radical (unpaired) electrons. The standard InChI is InChI=1S/C19H20FNS/c1-14(18-13-22-19-7-3-2-6-17(18)19)21-12-4-5-15-8-10-16(20)11-9-15/h2-3,6-11,13-14,21H,4-5,12H2,1H3. The molecule has 22 heavy (non-hydrogen) atoms. The minimum absolute atomic E-state index is 0.167. The molecule has 114 valence electrons. The van der Waals surface area contributed by atoms with Gasteiger partial charge in [-0.15, -0.1) is 11.3 Å². The zero-order chi connectivity index (χ0) is 15.4. The van der Waals surface area contributed by atoms with Gasteiger partial charge in [0.25, 0.3) is 0 Å². The molecule has 0 fully saturated rings. The van der Waals surface area contributed by atoms with Crippen molar-refractivity contribution >= 4 is 21.4 Å². The van der Waals surface area contributed by atoms with Crippen molar-refractivity contribution < 1.29 is 4.39 Å². The highest BCUT2D eigenvalue weighted by atomic mass is 32.1. The van der Waals surface area contributed by atoms with Crippen molar-refractivity contribution in [3.05, 3.63) is 70.9 Å². The Morgan fingerprint density at radius 3 is 2.68 bits per heavy atom. The molecule has 1 heterocycles. The maximum absolute atomic E-state index is 12.9. The van der Waals surface area contributed by atoms with Crippen molar-refractivity contribution in [2.75, 3.05) is 6.54 Å². The Morgan fingerprint density at radius 1 is 1.09 bits per heavy atom. The number of rotatable bonds is 6. The van der Waals surface area contributed by atoms with E-state index in [-0.39, 0.29) is 5.82 Å². The molecule has 0 saturated carbocycles. The summed E-state index contributed by atoms with van der Waals surface area (Å²) in [7, 11) is 0. The predicted molar refractivity (Wildman–Crippen MR) is 93.0 cm³/mol. The minimum atomic E-state index is -0.167. The van der Waals surface area contributed by atoms with E-state index in [9.17, 15) is 4.39 Å². The van der Waals surface area contributed by atoms with Crippen LogP contribution >= 0.6 is 11.3 Å². The van der Waals surface area contributed by atoms with E-state index < -0.39 is 0 Å². The van der Waals surface area contributed by atoms with Gasteiger partial charge in [0.1, 0.15) is 5.82 Å². The van der Waals surface area contributed by atoms with Gasteiger partial charge in [-0.1, -0.05) is 30.3 Å². The number of hydrogen-bond acceptors (Lipinski definition) is 2. The second kappa shape index (κ2) is 7.03. The van der Waals surface area contributed by atoms with E-state index >= 15 is 0 Å². The van der Waals surface area contributed by atoms with Gasteiger partial charge in [0.05, 0.1) is 0 Å². The lowest BCUT2D eigenvalue weighted by Crippen LogP contribution is -2.20. The average Bonchev–Trinajstić information content (AvgIpc) is 2.97. The van der Waals surface area contributed by atoms with Crippen LogP contribution in [0.4, 0.5) is 4.39 Å². The van der Waals surface area contributed by atoms with Crippen molar-refractivity contribution in [3.8, 4) is 0 Å². The molecule has 0 saturated heterocycles. The average molecular weight is 313 g/mol. The third-order valence-corrected chi connectivity index (χ3v) is 4.97. The summed E-state index contributed by atoms with van der Waals surface area (Å²) in [5.74, 6) is -0.167. The van der Waals surface area contributed by atoms with Crippen molar-refractivity contribution in [2.24, 2.45) is 0 Å². The van der Waals surface area contributed by atoms with Crippen LogP contribution in [0, 0.1) is 5.82 Å². The van der Waals surface area contributed by atoms with Crippen LogP contribution in [-0.2, 0) is 6.42 Å². The Hall–Kier alpha value is -1.71. The second-order valence-corrected chi connectivity index (χ2v) is 6.50. The fourth-order valence-corrected chi connectivity index (χ4v) is 3.76. The van der Waals surface area contributed by atoms with Crippen LogP contribution in [0.1, 0.15) is 30.5 Å². The molecule has 0 aliphatic carbocycles. The van der Waals surface area contributed by atoms with Gasteiger partial charge in [-0.3, -0.25) is 0 Å². The van der Waals surface area contributed by atoms with Gasteiger partial charge in [0.15, 0.2) is 0 Å². The van der Waals surface area contributed by atoms with Gasteiger partial charge in [-0.2, -0.15) is 0 Å². The van der Waals surface area contributed by atoms with Crippen LogP contribution in [0.5, 0.6) is 0 Å². The van der Waals surface area contributed by atoms with Crippen LogP contribution in [0.25, 0.3) is 10.1 Å². The molecule has 0 aliphatic heterocycles. The molecule has 0 bridgehead atoms. The highest BCUT2D eigenvalue weighted by Crippen LogP contribution is 2.29. The van der Waals surface area contributed by atoms with Crippen molar-refractivity contribution in [1.29, 1.82) is 0 Å². The summed E-state index contributed by atoms with van der Waals surface area (Å²) in [6, 6.07) is 15.7. The summed E-state index contributed by atoms with van der Waals surface area (Å²) in [5.41, 5.74) is 2.57. The SMILES string of the molecule is CC(NCCCc1ccc(F)cc1)c1csc2ccccc12. The summed E-state index contributed by atoms with van der Waals surface area (Å²) >= 11 is 1.80. The summed E-state index contributed by atoms with van der Waals surface area (Å²) < 4.78 is 14.2. The smallest absolute Gasteiger partial charge is 0.123 e. The maximum atomic E-state index is 12.9. The first-order valence-corrected chi connectivity index (χ1v) is 8.56. The van der Waals surface area contributed by atoms with E-state index in [1.54, 1.807) is 11.3 Å². The Balaban J connectivity index is 1.52. The fraction of sp³-hybridized carbons (Fsp3) is 0.263. The molecule has 0 spiro atoms. The van der Waals surface area contributed by atoms with Gasteiger partial charge in [-0.05, 0) is 66.4 Å². The molecule has 0 aliphatic rings. The normalized spacial score (nSPS) is 12.6. The van der Waals surface area contributed by atoms with Gasteiger partial charge < -0.3 is 5.32 Å². The Bertz CT molecular complexity index is 733. The topological polar surface area (TPSA) is 12.0 Å². The summed E-state index contributed by atoms with van der Waals surface area (Å²) in [5, 5.41) is 7.20. The van der Waals surface area contributed by atoms with E-state index in [0.717, 1.165) is 19.4 Å². The first-order valence-electron chi connectivity index (χ1n) is 7.68. The lowest BCUT2D eigenvalue weighted by molar-refractivity contribution is 0.561.